The fourth-order valence-corrected chi connectivity index (χ4v) is 6.00. The van der Waals surface area contributed by atoms with E-state index in [0.29, 0.717) is 25.9 Å². The number of benzene rings is 2. The van der Waals surface area contributed by atoms with Gasteiger partial charge in [-0.25, -0.2) is 4.58 Å². The van der Waals surface area contributed by atoms with Crippen molar-refractivity contribution >= 4 is 5.71 Å². The molecule has 0 aromatic heterocycles. The van der Waals surface area contributed by atoms with Crippen LogP contribution in [0.4, 0.5) is 0 Å². The molecule has 2 unspecified atom stereocenters. The monoisotopic (exact) mass is 510 g/mol. The minimum absolute atomic E-state index is 0.446. The summed E-state index contributed by atoms with van der Waals surface area (Å²) in [7, 11) is 5.94. The summed E-state index contributed by atoms with van der Waals surface area (Å²) in [6.45, 7) is 8.40. The van der Waals surface area contributed by atoms with E-state index in [1.54, 1.807) is 14.2 Å². The number of hydrogen-bond donors (Lipinski definition) is 0. The number of likely N-dealkylation sites (N-methyl/N-ethyl adjacent to an activating group) is 1. The van der Waals surface area contributed by atoms with Crippen molar-refractivity contribution in [3.63, 3.8) is 0 Å². The molecule has 0 radical (unpaired) electrons. The van der Waals surface area contributed by atoms with Gasteiger partial charge < -0.3 is 23.4 Å². The highest BCUT2D eigenvalue weighted by molar-refractivity contribution is 5.98. The minimum Gasteiger partial charge on any atom is -0.379 e. The first-order chi connectivity index (χ1) is 18.2. The highest BCUT2D eigenvalue weighted by Crippen LogP contribution is 2.37. The van der Waals surface area contributed by atoms with Crippen molar-refractivity contribution in [2.75, 3.05) is 87.1 Å². The van der Waals surface area contributed by atoms with E-state index in [1.165, 1.54) is 28.0 Å². The summed E-state index contributed by atoms with van der Waals surface area (Å²) >= 11 is 0. The average Bonchev–Trinajstić information content (AvgIpc) is 2.93. The number of ether oxygens (including phenoxy) is 4. The maximum Gasteiger partial charge on any atom is 0.185 e. The van der Waals surface area contributed by atoms with E-state index in [0.717, 1.165) is 76.2 Å². The molecule has 0 saturated carbocycles. The van der Waals surface area contributed by atoms with Crippen LogP contribution < -0.4 is 0 Å². The fraction of sp³-hybridized carbons (Fsp3) is 0.581. The van der Waals surface area contributed by atoms with Crippen molar-refractivity contribution in [1.29, 1.82) is 0 Å². The van der Waals surface area contributed by atoms with Crippen molar-refractivity contribution in [3.8, 4) is 0 Å². The predicted molar refractivity (Wildman–Crippen MR) is 148 cm³/mol. The number of rotatable bonds is 15. The molecule has 0 bridgehead atoms. The second-order valence-electron chi connectivity index (χ2n) is 10.5. The van der Waals surface area contributed by atoms with E-state index < -0.39 is 0 Å². The zero-order valence-electron chi connectivity index (χ0n) is 23.1. The first kappa shape index (κ1) is 27.9. The number of fused-ring (bicyclic) bond motifs is 2. The van der Waals surface area contributed by atoms with E-state index in [9.17, 15) is 0 Å². The van der Waals surface area contributed by atoms with Crippen LogP contribution in [-0.4, -0.2) is 102 Å². The van der Waals surface area contributed by atoms with Gasteiger partial charge in [-0.1, -0.05) is 42.5 Å². The Morgan fingerprint density at radius 1 is 0.811 bits per heavy atom. The van der Waals surface area contributed by atoms with Gasteiger partial charge in [-0.15, -0.1) is 0 Å². The van der Waals surface area contributed by atoms with Gasteiger partial charge in [0.1, 0.15) is 25.7 Å². The van der Waals surface area contributed by atoms with Crippen molar-refractivity contribution in [1.82, 2.24) is 0 Å². The summed E-state index contributed by atoms with van der Waals surface area (Å²) in [4.78, 5) is 0. The van der Waals surface area contributed by atoms with E-state index in [2.05, 4.69) is 60.2 Å². The number of methoxy groups -OCH3 is 2. The molecule has 4 rings (SSSR count). The molecular weight excluding hydrogens is 464 g/mol. The maximum absolute atomic E-state index is 6.07. The first-order valence-electron chi connectivity index (χ1n) is 13.9. The van der Waals surface area contributed by atoms with E-state index in [1.807, 2.05) is 0 Å². The zero-order chi connectivity index (χ0) is 25.9. The highest BCUT2D eigenvalue weighted by Gasteiger charge is 2.38. The van der Waals surface area contributed by atoms with Gasteiger partial charge in [0, 0.05) is 44.6 Å². The van der Waals surface area contributed by atoms with Gasteiger partial charge >= 0.3 is 0 Å². The van der Waals surface area contributed by atoms with Crippen LogP contribution >= 0.6 is 0 Å². The molecule has 0 saturated heterocycles. The van der Waals surface area contributed by atoms with Gasteiger partial charge in [0.05, 0.1) is 53.0 Å². The molecule has 2 atom stereocenters. The van der Waals surface area contributed by atoms with Gasteiger partial charge in [-0.05, 0) is 17.2 Å². The Labute approximate surface area is 223 Å². The molecule has 0 N–H and O–H groups in total. The summed E-state index contributed by atoms with van der Waals surface area (Å²) in [5.41, 5.74) is 7.16. The summed E-state index contributed by atoms with van der Waals surface area (Å²) < 4.78 is 26.4. The third-order valence-electron chi connectivity index (χ3n) is 8.18. The first-order valence-corrected chi connectivity index (χ1v) is 13.9. The quantitative estimate of drug-likeness (QED) is 0.207. The van der Waals surface area contributed by atoms with Crippen molar-refractivity contribution < 1.29 is 28.0 Å². The lowest BCUT2D eigenvalue weighted by Crippen LogP contribution is -2.53. The smallest absolute Gasteiger partial charge is 0.185 e. The molecule has 2 heterocycles. The third kappa shape index (κ3) is 7.27. The Morgan fingerprint density at radius 3 is 2.35 bits per heavy atom. The Kier molecular flexibility index (Phi) is 10.7. The average molecular weight is 511 g/mol. The van der Waals surface area contributed by atoms with Gasteiger partial charge in [0.15, 0.2) is 12.3 Å². The summed E-state index contributed by atoms with van der Waals surface area (Å²) in [6, 6.07) is 18.1. The maximum atomic E-state index is 6.07. The second kappa shape index (κ2) is 14.2. The second-order valence-corrected chi connectivity index (χ2v) is 10.5. The SMILES string of the molecule is COCC[N+]1=C(CCOCCOCCC2c3ccccc3CC[N+]2(C)CCOC)c2ccccc2CC1. The topological polar surface area (TPSA) is 39.9 Å². The van der Waals surface area contributed by atoms with Crippen LogP contribution in [-0.2, 0) is 31.8 Å². The van der Waals surface area contributed by atoms with Crippen LogP contribution in [0.3, 0.4) is 0 Å². The van der Waals surface area contributed by atoms with Gasteiger partial charge in [-0.3, -0.25) is 0 Å². The molecule has 2 aliphatic heterocycles. The molecule has 0 spiro atoms. The fourth-order valence-electron chi connectivity index (χ4n) is 6.00. The van der Waals surface area contributed by atoms with Crippen LogP contribution in [0.5, 0.6) is 0 Å². The van der Waals surface area contributed by atoms with Crippen molar-refractivity contribution in [2.45, 2.75) is 31.7 Å². The van der Waals surface area contributed by atoms with Gasteiger partial charge in [-0.2, -0.15) is 0 Å². The predicted octanol–water partition coefficient (Wildman–Crippen LogP) is 3.89. The normalized spacial score (nSPS) is 21.1. The van der Waals surface area contributed by atoms with Crippen LogP contribution in [0.25, 0.3) is 0 Å². The van der Waals surface area contributed by atoms with Crippen molar-refractivity contribution in [2.24, 2.45) is 0 Å². The standard InChI is InChI=1S/C31H46N2O4/c1-33(19-23-35-3)18-13-27-9-5-7-11-29(27)31(33)15-21-37-25-24-36-20-14-30-28-10-6-4-8-26(28)12-16-32(30)17-22-34-2/h4-11,31H,12-25H2,1-3H3/q+2. The highest BCUT2D eigenvalue weighted by atomic mass is 16.5. The van der Waals surface area contributed by atoms with E-state index >= 15 is 0 Å². The molecule has 202 valence electrons. The lowest BCUT2D eigenvalue weighted by molar-refractivity contribution is -0.942. The number of hydrogen-bond acceptors (Lipinski definition) is 4. The summed E-state index contributed by atoms with van der Waals surface area (Å²) in [6.07, 6.45) is 4.15. The number of quaternary nitrogens is 1. The van der Waals surface area contributed by atoms with Crippen LogP contribution in [0.2, 0.25) is 0 Å². The molecule has 37 heavy (non-hydrogen) atoms. The van der Waals surface area contributed by atoms with Crippen LogP contribution in [0, 0.1) is 0 Å². The Hall–Kier alpha value is -2.09. The largest absolute Gasteiger partial charge is 0.379 e. The molecular formula is C31H46N2O4+2. The molecule has 2 aromatic rings. The lowest BCUT2D eigenvalue weighted by atomic mass is 9.89. The molecule has 0 fully saturated rings. The minimum atomic E-state index is 0.446. The Bertz CT molecular complexity index is 1020. The summed E-state index contributed by atoms with van der Waals surface area (Å²) in [5, 5.41) is 0. The molecule has 6 heteroatoms. The van der Waals surface area contributed by atoms with Gasteiger partial charge in [0.25, 0.3) is 0 Å². The summed E-state index contributed by atoms with van der Waals surface area (Å²) in [5.74, 6) is 0. The molecule has 0 aliphatic carbocycles. The van der Waals surface area contributed by atoms with E-state index in [-0.39, 0.29) is 0 Å². The van der Waals surface area contributed by atoms with Crippen LogP contribution in [0.15, 0.2) is 48.5 Å². The molecule has 2 aromatic carbocycles. The molecule has 2 aliphatic rings. The Morgan fingerprint density at radius 2 is 1.54 bits per heavy atom. The zero-order valence-corrected chi connectivity index (χ0v) is 23.1. The lowest BCUT2D eigenvalue weighted by Gasteiger charge is -2.45. The van der Waals surface area contributed by atoms with E-state index in [4.69, 9.17) is 18.9 Å². The molecule has 0 amide bonds. The number of nitrogens with zero attached hydrogens (tertiary/aromatic N) is 2. The van der Waals surface area contributed by atoms with Crippen LogP contribution in [0.1, 0.15) is 41.1 Å². The third-order valence-corrected chi connectivity index (χ3v) is 8.18. The van der Waals surface area contributed by atoms with Gasteiger partial charge in [0.2, 0.25) is 0 Å². The Balaban J connectivity index is 1.23. The van der Waals surface area contributed by atoms with Crippen molar-refractivity contribution in [3.05, 3.63) is 70.8 Å². The molecule has 6 nitrogen and oxygen atoms in total.